The summed E-state index contributed by atoms with van der Waals surface area (Å²) in [6.45, 7) is 7.21. The highest BCUT2D eigenvalue weighted by molar-refractivity contribution is 5.61. The Bertz CT molecular complexity index is 539. The first-order valence-corrected chi connectivity index (χ1v) is 7.17. The molecule has 0 saturated heterocycles. The molecule has 0 radical (unpaired) electrons. The molecule has 4 nitrogen and oxygen atoms in total. The average Bonchev–Trinajstić information content (AvgIpc) is 2.48. The van der Waals surface area contributed by atoms with E-state index < -0.39 is 0 Å². The second-order valence-corrected chi connectivity index (χ2v) is 4.81. The van der Waals surface area contributed by atoms with E-state index in [-0.39, 0.29) is 0 Å². The Kier molecular flexibility index (Phi) is 4.93. The molecule has 0 aliphatic rings. The van der Waals surface area contributed by atoms with Gasteiger partial charge in [0.1, 0.15) is 11.6 Å². The van der Waals surface area contributed by atoms with Crippen LogP contribution in [0, 0.1) is 0 Å². The quantitative estimate of drug-likeness (QED) is 0.838. The van der Waals surface area contributed by atoms with Gasteiger partial charge in [-0.1, -0.05) is 37.3 Å². The minimum Gasteiger partial charge on any atom is -0.370 e. The van der Waals surface area contributed by atoms with E-state index in [0.717, 1.165) is 36.0 Å². The summed E-state index contributed by atoms with van der Waals surface area (Å²) in [5, 5.41) is 6.67. The van der Waals surface area contributed by atoms with Gasteiger partial charge in [0, 0.05) is 24.2 Å². The zero-order valence-electron chi connectivity index (χ0n) is 12.4. The fraction of sp³-hybridized carbons (Fsp3) is 0.375. The molecule has 1 heterocycles. The molecule has 2 N–H and O–H groups in total. The first kappa shape index (κ1) is 14.3. The highest BCUT2D eigenvalue weighted by Crippen LogP contribution is 2.20. The summed E-state index contributed by atoms with van der Waals surface area (Å²) in [5.74, 6) is 2.46. The summed E-state index contributed by atoms with van der Waals surface area (Å²) < 4.78 is 0. The summed E-state index contributed by atoms with van der Waals surface area (Å²) in [6.07, 6.45) is 1.06. The summed E-state index contributed by atoms with van der Waals surface area (Å²) in [5.41, 5.74) is 1.03. The second-order valence-electron chi connectivity index (χ2n) is 4.81. The Morgan fingerprint density at radius 1 is 1.05 bits per heavy atom. The lowest BCUT2D eigenvalue weighted by atomic mass is 10.2. The standard InChI is InChI=1S/C16H22N4/c1-4-12(3)18-15-11-14(17-5-2)19-16(20-15)13-9-7-6-8-10-13/h6-12H,4-5H2,1-3H3,(H2,17,18,19,20). The number of benzene rings is 1. The van der Waals surface area contributed by atoms with Crippen molar-refractivity contribution in [1.82, 2.24) is 9.97 Å². The Hall–Kier alpha value is -2.10. The first-order valence-electron chi connectivity index (χ1n) is 7.17. The first-order chi connectivity index (χ1) is 9.72. The van der Waals surface area contributed by atoms with Crippen molar-refractivity contribution in [2.45, 2.75) is 33.2 Å². The largest absolute Gasteiger partial charge is 0.370 e. The van der Waals surface area contributed by atoms with Crippen molar-refractivity contribution in [3.8, 4) is 11.4 Å². The van der Waals surface area contributed by atoms with Crippen molar-refractivity contribution in [3.05, 3.63) is 36.4 Å². The van der Waals surface area contributed by atoms with Crippen LogP contribution in [0.15, 0.2) is 36.4 Å². The number of anilines is 2. The Balaban J connectivity index is 2.35. The van der Waals surface area contributed by atoms with Gasteiger partial charge in [-0.3, -0.25) is 0 Å². The topological polar surface area (TPSA) is 49.8 Å². The molecule has 0 aliphatic heterocycles. The van der Waals surface area contributed by atoms with Crippen molar-refractivity contribution in [2.24, 2.45) is 0 Å². The van der Waals surface area contributed by atoms with E-state index in [9.17, 15) is 0 Å². The number of hydrogen-bond donors (Lipinski definition) is 2. The molecule has 20 heavy (non-hydrogen) atoms. The van der Waals surface area contributed by atoms with Crippen LogP contribution in [-0.4, -0.2) is 22.6 Å². The average molecular weight is 270 g/mol. The van der Waals surface area contributed by atoms with Crippen LogP contribution in [0.4, 0.5) is 11.6 Å². The van der Waals surface area contributed by atoms with Crippen LogP contribution >= 0.6 is 0 Å². The van der Waals surface area contributed by atoms with Crippen LogP contribution in [0.1, 0.15) is 27.2 Å². The predicted octanol–water partition coefficient (Wildman–Crippen LogP) is 3.79. The van der Waals surface area contributed by atoms with E-state index in [2.05, 4.69) is 41.4 Å². The van der Waals surface area contributed by atoms with Crippen molar-refractivity contribution in [2.75, 3.05) is 17.2 Å². The monoisotopic (exact) mass is 270 g/mol. The van der Waals surface area contributed by atoms with Gasteiger partial charge in [-0.15, -0.1) is 0 Å². The van der Waals surface area contributed by atoms with Crippen LogP contribution in [0.25, 0.3) is 11.4 Å². The maximum absolute atomic E-state index is 4.61. The normalized spacial score (nSPS) is 11.9. The van der Waals surface area contributed by atoms with E-state index in [0.29, 0.717) is 6.04 Å². The van der Waals surface area contributed by atoms with Crippen LogP contribution in [0.3, 0.4) is 0 Å². The van der Waals surface area contributed by atoms with Crippen LogP contribution in [0.2, 0.25) is 0 Å². The molecule has 0 aliphatic carbocycles. The highest BCUT2D eigenvalue weighted by Gasteiger charge is 2.08. The van der Waals surface area contributed by atoms with E-state index in [1.165, 1.54) is 0 Å². The van der Waals surface area contributed by atoms with Crippen molar-refractivity contribution >= 4 is 11.6 Å². The summed E-state index contributed by atoms with van der Waals surface area (Å²) in [6, 6.07) is 12.4. The lowest BCUT2D eigenvalue weighted by Gasteiger charge is -2.14. The van der Waals surface area contributed by atoms with E-state index in [1.54, 1.807) is 0 Å². The Morgan fingerprint density at radius 3 is 2.40 bits per heavy atom. The summed E-state index contributed by atoms with van der Waals surface area (Å²) >= 11 is 0. The molecule has 2 rings (SSSR count). The zero-order chi connectivity index (χ0) is 14.4. The lowest BCUT2D eigenvalue weighted by Crippen LogP contribution is -2.15. The maximum atomic E-state index is 4.61. The predicted molar refractivity (Wildman–Crippen MR) is 85.0 cm³/mol. The summed E-state index contributed by atoms with van der Waals surface area (Å²) in [7, 11) is 0. The smallest absolute Gasteiger partial charge is 0.163 e. The van der Waals surface area contributed by atoms with Crippen LogP contribution in [0.5, 0.6) is 0 Å². The van der Waals surface area contributed by atoms with Gasteiger partial charge in [0.05, 0.1) is 0 Å². The molecule has 0 bridgehead atoms. The number of nitrogens with zero attached hydrogens (tertiary/aromatic N) is 2. The Labute approximate surface area is 120 Å². The van der Waals surface area contributed by atoms with Crippen molar-refractivity contribution < 1.29 is 0 Å². The number of aromatic nitrogens is 2. The molecule has 1 aromatic carbocycles. The molecule has 1 atom stereocenters. The van der Waals surface area contributed by atoms with Gasteiger partial charge >= 0.3 is 0 Å². The molecule has 1 unspecified atom stereocenters. The molecule has 0 spiro atoms. The minimum absolute atomic E-state index is 0.392. The molecule has 106 valence electrons. The molecule has 4 heteroatoms. The fourth-order valence-corrected chi connectivity index (χ4v) is 1.86. The van der Waals surface area contributed by atoms with Crippen LogP contribution in [-0.2, 0) is 0 Å². The van der Waals surface area contributed by atoms with E-state index >= 15 is 0 Å². The van der Waals surface area contributed by atoms with Gasteiger partial charge < -0.3 is 10.6 Å². The maximum Gasteiger partial charge on any atom is 0.163 e. The van der Waals surface area contributed by atoms with Gasteiger partial charge in [0.15, 0.2) is 5.82 Å². The number of nitrogens with one attached hydrogen (secondary N) is 2. The van der Waals surface area contributed by atoms with Gasteiger partial charge in [0.25, 0.3) is 0 Å². The van der Waals surface area contributed by atoms with Crippen LogP contribution < -0.4 is 10.6 Å². The molecule has 0 amide bonds. The molecular weight excluding hydrogens is 248 g/mol. The molecule has 2 aromatic rings. The molecular formula is C16H22N4. The Morgan fingerprint density at radius 2 is 1.75 bits per heavy atom. The van der Waals surface area contributed by atoms with E-state index in [1.807, 2.05) is 36.4 Å². The van der Waals surface area contributed by atoms with Gasteiger partial charge in [0.2, 0.25) is 0 Å². The van der Waals surface area contributed by atoms with Gasteiger partial charge in [-0.05, 0) is 20.3 Å². The summed E-state index contributed by atoms with van der Waals surface area (Å²) in [4.78, 5) is 9.18. The molecule has 1 aromatic heterocycles. The van der Waals surface area contributed by atoms with Gasteiger partial charge in [-0.25, -0.2) is 9.97 Å². The minimum atomic E-state index is 0.392. The SMILES string of the molecule is CCNc1cc(NC(C)CC)nc(-c2ccccc2)n1. The van der Waals surface area contributed by atoms with Crippen molar-refractivity contribution in [1.29, 1.82) is 0 Å². The van der Waals surface area contributed by atoms with E-state index in [4.69, 9.17) is 0 Å². The van der Waals surface area contributed by atoms with Gasteiger partial charge in [-0.2, -0.15) is 0 Å². The third-order valence-corrected chi connectivity index (χ3v) is 3.12. The zero-order valence-corrected chi connectivity index (χ0v) is 12.4. The second kappa shape index (κ2) is 6.89. The third-order valence-electron chi connectivity index (χ3n) is 3.12. The van der Waals surface area contributed by atoms with Crippen molar-refractivity contribution in [3.63, 3.8) is 0 Å². The molecule has 0 saturated carbocycles. The fourth-order valence-electron chi connectivity index (χ4n) is 1.86. The number of rotatable bonds is 6. The lowest BCUT2D eigenvalue weighted by molar-refractivity contribution is 0.759. The highest BCUT2D eigenvalue weighted by atomic mass is 15.1. The molecule has 0 fully saturated rings. The third kappa shape index (κ3) is 3.70. The number of hydrogen-bond acceptors (Lipinski definition) is 4.